The minimum Gasteiger partial charge on any atom is -0.491 e. The number of hydrogen-bond acceptors (Lipinski definition) is 3. The van der Waals surface area contributed by atoms with Crippen LogP contribution in [0.1, 0.15) is 37.2 Å². The van der Waals surface area contributed by atoms with Crippen LogP contribution in [0.3, 0.4) is 0 Å². The van der Waals surface area contributed by atoms with Crippen LogP contribution in [0.4, 0.5) is 0 Å². The molecule has 1 saturated heterocycles. The van der Waals surface area contributed by atoms with Crippen molar-refractivity contribution < 1.29 is 14.2 Å². The van der Waals surface area contributed by atoms with Crippen LogP contribution < -0.4 is 4.74 Å². The lowest BCUT2D eigenvalue weighted by Gasteiger charge is -2.27. The van der Waals surface area contributed by atoms with E-state index >= 15 is 0 Å². The summed E-state index contributed by atoms with van der Waals surface area (Å²) in [5, 5.41) is 0. The molecular weight excluding hydrogens is 240 g/mol. The van der Waals surface area contributed by atoms with Crippen molar-refractivity contribution in [1.29, 1.82) is 0 Å². The molecular formula is C16H22O3. The zero-order valence-corrected chi connectivity index (χ0v) is 11.5. The van der Waals surface area contributed by atoms with E-state index in [2.05, 4.69) is 24.3 Å². The average molecular weight is 262 g/mol. The number of hydrogen-bond donors (Lipinski definition) is 0. The molecule has 1 aromatic carbocycles. The molecule has 0 bridgehead atoms. The van der Waals surface area contributed by atoms with E-state index in [-0.39, 0.29) is 0 Å². The number of epoxide rings is 1. The second kappa shape index (κ2) is 5.93. The summed E-state index contributed by atoms with van der Waals surface area (Å²) in [6.07, 6.45) is 5.61. The topological polar surface area (TPSA) is 31.0 Å². The Morgan fingerprint density at radius 2 is 1.79 bits per heavy atom. The molecule has 3 nitrogen and oxygen atoms in total. The van der Waals surface area contributed by atoms with Gasteiger partial charge in [-0.1, -0.05) is 12.1 Å². The molecule has 3 rings (SSSR count). The summed E-state index contributed by atoms with van der Waals surface area (Å²) >= 11 is 0. The van der Waals surface area contributed by atoms with Gasteiger partial charge in [0.1, 0.15) is 18.5 Å². The van der Waals surface area contributed by atoms with Gasteiger partial charge in [-0.15, -0.1) is 0 Å². The lowest BCUT2D eigenvalue weighted by Crippen LogP contribution is -2.19. The summed E-state index contributed by atoms with van der Waals surface area (Å²) in [7, 11) is 1.82. The lowest BCUT2D eigenvalue weighted by atomic mass is 9.83. The van der Waals surface area contributed by atoms with Crippen LogP contribution in [0.15, 0.2) is 24.3 Å². The molecule has 2 aliphatic rings. The van der Waals surface area contributed by atoms with Gasteiger partial charge in [0.25, 0.3) is 0 Å². The first-order valence-electron chi connectivity index (χ1n) is 7.22. The van der Waals surface area contributed by atoms with Gasteiger partial charge in [0.05, 0.1) is 12.7 Å². The van der Waals surface area contributed by atoms with Gasteiger partial charge in [-0.05, 0) is 49.3 Å². The van der Waals surface area contributed by atoms with Crippen LogP contribution in [0.25, 0.3) is 0 Å². The fourth-order valence-electron chi connectivity index (χ4n) is 2.82. The normalized spacial score (nSPS) is 30.1. The number of benzene rings is 1. The highest BCUT2D eigenvalue weighted by Crippen LogP contribution is 2.34. The molecule has 1 saturated carbocycles. The lowest BCUT2D eigenvalue weighted by molar-refractivity contribution is 0.0658. The summed E-state index contributed by atoms with van der Waals surface area (Å²) < 4.78 is 16.2. The first-order valence-corrected chi connectivity index (χ1v) is 7.22. The fraction of sp³-hybridized carbons (Fsp3) is 0.625. The Bertz CT molecular complexity index is 389. The number of rotatable bonds is 5. The maximum Gasteiger partial charge on any atom is 0.119 e. The predicted octanol–water partition coefficient (Wildman–Crippen LogP) is 3.14. The van der Waals surface area contributed by atoms with E-state index in [9.17, 15) is 0 Å². The van der Waals surface area contributed by atoms with Gasteiger partial charge in [-0.2, -0.15) is 0 Å². The molecule has 104 valence electrons. The molecule has 1 aliphatic carbocycles. The third-order valence-corrected chi connectivity index (χ3v) is 4.20. The molecule has 1 unspecified atom stereocenters. The summed E-state index contributed by atoms with van der Waals surface area (Å²) in [4.78, 5) is 0. The standard InChI is InChI=1S/C16H22O3/c1-17-14-6-2-12(3-7-14)13-4-8-15(9-5-13)18-10-16-11-19-16/h4-5,8-9,12,14,16H,2-3,6-7,10-11H2,1H3. The summed E-state index contributed by atoms with van der Waals surface area (Å²) in [6, 6.07) is 8.59. The van der Waals surface area contributed by atoms with E-state index in [0.717, 1.165) is 12.4 Å². The molecule has 0 N–H and O–H groups in total. The Hall–Kier alpha value is -1.06. The highest BCUT2D eigenvalue weighted by molar-refractivity contribution is 5.29. The van der Waals surface area contributed by atoms with Crippen molar-refractivity contribution in [3.63, 3.8) is 0 Å². The maximum absolute atomic E-state index is 5.66. The first-order chi connectivity index (χ1) is 9.35. The van der Waals surface area contributed by atoms with Crippen molar-refractivity contribution in [3.8, 4) is 5.75 Å². The quantitative estimate of drug-likeness (QED) is 0.764. The Labute approximate surface area is 114 Å². The molecule has 3 heteroatoms. The number of ether oxygens (including phenoxy) is 3. The highest BCUT2D eigenvalue weighted by Gasteiger charge is 2.24. The second-order valence-corrected chi connectivity index (χ2v) is 5.54. The molecule has 2 fully saturated rings. The molecule has 19 heavy (non-hydrogen) atoms. The minimum absolute atomic E-state index is 0.323. The van der Waals surface area contributed by atoms with Crippen molar-refractivity contribution in [1.82, 2.24) is 0 Å². The van der Waals surface area contributed by atoms with Crippen molar-refractivity contribution in [2.75, 3.05) is 20.3 Å². The maximum atomic E-state index is 5.66. The molecule has 0 amide bonds. The largest absolute Gasteiger partial charge is 0.491 e. The van der Waals surface area contributed by atoms with Gasteiger partial charge in [0.2, 0.25) is 0 Å². The zero-order chi connectivity index (χ0) is 13.1. The zero-order valence-electron chi connectivity index (χ0n) is 11.5. The van der Waals surface area contributed by atoms with Gasteiger partial charge < -0.3 is 14.2 Å². The van der Waals surface area contributed by atoms with Crippen LogP contribution in [-0.4, -0.2) is 32.5 Å². The van der Waals surface area contributed by atoms with Crippen molar-refractivity contribution in [2.24, 2.45) is 0 Å². The van der Waals surface area contributed by atoms with Crippen LogP contribution in [-0.2, 0) is 9.47 Å². The van der Waals surface area contributed by atoms with E-state index in [1.165, 1.54) is 31.2 Å². The SMILES string of the molecule is COC1CCC(c2ccc(OCC3CO3)cc2)CC1. The average Bonchev–Trinajstić information content (AvgIpc) is 3.30. The third-order valence-electron chi connectivity index (χ3n) is 4.20. The van der Waals surface area contributed by atoms with Crippen molar-refractivity contribution >= 4 is 0 Å². The summed E-state index contributed by atoms with van der Waals surface area (Å²) in [5.74, 6) is 1.64. The first kappa shape index (κ1) is 12.9. The Kier molecular flexibility index (Phi) is 4.04. The Morgan fingerprint density at radius 1 is 1.11 bits per heavy atom. The Morgan fingerprint density at radius 3 is 2.37 bits per heavy atom. The summed E-state index contributed by atoms with van der Waals surface area (Å²) in [6.45, 7) is 1.53. The smallest absolute Gasteiger partial charge is 0.119 e. The molecule has 0 spiro atoms. The van der Waals surface area contributed by atoms with Gasteiger partial charge >= 0.3 is 0 Å². The van der Waals surface area contributed by atoms with E-state index in [1.807, 2.05) is 7.11 Å². The van der Waals surface area contributed by atoms with Gasteiger partial charge in [0, 0.05) is 7.11 Å². The predicted molar refractivity (Wildman–Crippen MR) is 73.7 cm³/mol. The van der Waals surface area contributed by atoms with Crippen LogP contribution in [0.5, 0.6) is 5.75 Å². The van der Waals surface area contributed by atoms with Crippen molar-refractivity contribution in [3.05, 3.63) is 29.8 Å². The third kappa shape index (κ3) is 3.48. The number of methoxy groups -OCH3 is 1. The summed E-state index contributed by atoms with van der Waals surface area (Å²) in [5.41, 5.74) is 1.43. The monoisotopic (exact) mass is 262 g/mol. The highest BCUT2D eigenvalue weighted by atomic mass is 16.6. The second-order valence-electron chi connectivity index (χ2n) is 5.54. The fourth-order valence-corrected chi connectivity index (χ4v) is 2.82. The molecule has 1 heterocycles. The van der Waals surface area contributed by atoms with Crippen LogP contribution >= 0.6 is 0 Å². The molecule has 0 aromatic heterocycles. The molecule has 1 aromatic rings. The van der Waals surface area contributed by atoms with Gasteiger partial charge in [0.15, 0.2) is 0 Å². The van der Waals surface area contributed by atoms with E-state index in [0.29, 0.717) is 24.7 Å². The van der Waals surface area contributed by atoms with Crippen LogP contribution in [0.2, 0.25) is 0 Å². The van der Waals surface area contributed by atoms with Crippen LogP contribution in [0, 0.1) is 0 Å². The molecule has 1 atom stereocenters. The van der Waals surface area contributed by atoms with Gasteiger partial charge in [-0.3, -0.25) is 0 Å². The van der Waals surface area contributed by atoms with E-state index in [1.54, 1.807) is 0 Å². The minimum atomic E-state index is 0.323. The van der Waals surface area contributed by atoms with E-state index < -0.39 is 0 Å². The molecule has 0 radical (unpaired) electrons. The Balaban J connectivity index is 1.53. The van der Waals surface area contributed by atoms with Gasteiger partial charge in [-0.25, -0.2) is 0 Å². The molecule has 1 aliphatic heterocycles. The van der Waals surface area contributed by atoms with E-state index in [4.69, 9.17) is 14.2 Å². The van der Waals surface area contributed by atoms with Crippen molar-refractivity contribution in [2.45, 2.75) is 43.8 Å².